The Bertz CT molecular complexity index is 561. The fraction of sp³-hybridized carbons (Fsp3) is 0.167. The third kappa shape index (κ3) is 2.65. The van der Waals surface area contributed by atoms with E-state index in [1.54, 1.807) is 12.2 Å². The van der Waals surface area contributed by atoms with Crippen LogP contribution in [-0.2, 0) is 4.79 Å². The van der Waals surface area contributed by atoms with Gasteiger partial charge in [0.1, 0.15) is 11.6 Å². The lowest BCUT2D eigenvalue weighted by Gasteiger charge is -2.04. The van der Waals surface area contributed by atoms with Gasteiger partial charge in [0.25, 0.3) is 5.91 Å². The summed E-state index contributed by atoms with van der Waals surface area (Å²) in [4.78, 5) is 26.6. The van der Waals surface area contributed by atoms with E-state index in [4.69, 9.17) is 0 Å². The highest BCUT2D eigenvalue weighted by atomic mass is 19.1. The smallest absolute Gasteiger partial charge is 0.253 e. The maximum atomic E-state index is 12.6. The van der Waals surface area contributed by atoms with Crippen LogP contribution in [0.25, 0.3) is 0 Å². The van der Waals surface area contributed by atoms with Crippen LogP contribution in [0.2, 0.25) is 0 Å². The fourth-order valence-electron chi connectivity index (χ4n) is 1.53. The molecule has 1 amide bonds. The molecule has 1 aromatic rings. The summed E-state index contributed by atoms with van der Waals surface area (Å²) >= 11 is 0. The van der Waals surface area contributed by atoms with Crippen LogP contribution >= 0.6 is 0 Å². The van der Waals surface area contributed by atoms with Gasteiger partial charge in [-0.25, -0.2) is 9.37 Å². The minimum absolute atomic E-state index is 0.270. The molecule has 2 rings (SSSR count). The topological polar surface area (TPSA) is 62.1 Å². The molecule has 0 aliphatic heterocycles. The Labute approximate surface area is 103 Å². The minimum atomic E-state index is -0.468. The highest BCUT2D eigenvalue weighted by molar-refractivity contribution is 6.04. The van der Waals surface area contributed by atoms with E-state index >= 15 is 0 Å². The zero-order valence-corrected chi connectivity index (χ0v) is 9.68. The summed E-state index contributed by atoms with van der Waals surface area (Å²) in [6, 6.07) is 2.58. The number of pyridine rings is 1. The second kappa shape index (κ2) is 4.87. The van der Waals surface area contributed by atoms with Crippen LogP contribution in [0, 0.1) is 10.7 Å². The van der Waals surface area contributed by atoms with Crippen molar-refractivity contribution in [3.8, 4) is 0 Å². The number of aromatic nitrogens is 1. The SMILES string of the molecule is C[N+](=O)C1=CC=C(C(=O)Nc2ccc(F)cn2)C1. The average molecular weight is 248 g/mol. The van der Waals surface area contributed by atoms with E-state index in [9.17, 15) is 14.1 Å². The van der Waals surface area contributed by atoms with Crippen molar-refractivity contribution in [1.82, 2.24) is 4.98 Å². The molecule has 18 heavy (non-hydrogen) atoms. The molecule has 92 valence electrons. The summed E-state index contributed by atoms with van der Waals surface area (Å²) in [5, 5.41) is 2.53. The summed E-state index contributed by atoms with van der Waals surface area (Å²) in [6.07, 6.45) is 4.49. The third-order valence-corrected chi connectivity index (χ3v) is 2.51. The first kappa shape index (κ1) is 12.1. The van der Waals surface area contributed by atoms with Crippen molar-refractivity contribution in [2.24, 2.45) is 0 Å². The first-order chi connectivity index (χ1) is 8.56. The molecule has 1 aliphatic carbocycles. The van der Waals surface area contributed by atoms with E-state index in [0.29, 0.717) is 16.0 Å². The highest BCUT2D eigenvalue weighted by Crippen LogP contribution is 2.20. The van der Waals surface area contributed by atoms with Crippen LogP contribution in [0.15, 0.2) is 41.8 Å². The molecular weight excluding hydrogens is 237 g/mol. The van der Waals surface area contributed by atoms with E-state index in [-0.39, 0.29) is 18.1 Å². The first-order valence-corrected chi connectivity index (χ1v) is 5.30. The minimum Gasteiger partial charge on any atom is -0.307 e. The Morgan fingerprint density at radius 1 is 1.44 bits per heavy atom. The van der Waals surface area contributed by atoms with Crippen molar-refractivity contribution in [2.45, 2.75) is 6.42 Å². The molecule has 0 atom stereocenters. The number of amides is 1. The number of hydrogen-bond acceptors (Lipinski definition) is 3. The Morgan fingerprint density at radius 3 is 2.78 bits per heavy atom. The van der Waals surface area contributed by atoms with Gasteiger partial charge in [-0.15, -0.1) is 0 Å². The average Bonchev–Trinajstić information content (AvgIpc) is 2.81. The maximum absolute atomic E-state index is 12.6. The van der Waals surface area contributed by atoms with E-state index in [1.807, 2.05) is 0 Å². The van der Waals surface area contributed by atoms with Crippen molar-refractivity contribution < 1.29 is 13.9 Å². The zero-order chi connectivity index (χ0) is 13.1. The van der Waals surface area contributed by atoms with Gasteiger partial charge < -0.3 is 5.32 Å². The number of hydrogen-bond donors (Lipinski definition) is 1. The molecule has 5 nitrogen and oxygen atoms in total. The predicted octanol–water partition coefficient (Wildman–Crippen LogP) is 1.78. The van der Waals surface area contributed by atoms with E-state index < -0.39 is 5.82 Å². The van der Waals surface area contributed by atoms with E-state index in [2.05, 4.69) is 10.3 Å². The van der Waals surface area contributed by atoms with Crippen LogP contribution in [0.4, 0.5) is 10.2 Å². The van der Waals surface area contributed by atoms with Gasteiger partial charge in [0.15, 0.2) is 7.05 Å². The summed E-state index contributed by atoms with van der Waals surface area (Å²) in [5.74, 6) is -0.543. The maximum Gasteiger partial charge on any atom is 0.253 e. The molecule has 0 bridgehead atoms. The Kier molecular flexibility index (Phi) is 3.27. The number of allylic oxidation sites excluding steroid dienone is 3. The van der Waals surface area contributed by atoms with Crippen molar-refractivity contribution >= 4 is 11.7 Å². The van der Waals surface area contributed by atoms with Gasteiger partial charge in [0, 0.05) is 21.3 Å². The lowest BCUT2D eigenvalue weighted by molar-refractivity contribution is -0.467. The summed E-state index contributed by atoms with van der Waals surface area (Å²) in [5.41, 5.74) is 0.992. The molecule has 0 unspecified atom stereocenters. The molecule has 0 saturated heterocycles. The van der Waals surface area contributed by atoms with Gasteiger partial charge in [-0.1, -0.05) is 0 Å². The largest absolute Gasteiger partial charge is 0.307 e. The number of halogens is 1. The van der Waals surface area contributed by atoms with Crippen LogP contribution in [0.5, 0.6) is 0 Å². The van der Waals surface area contributed by atoms with E-state index in [1.165, 1.54) is 19.2 Å². The first-order valence-electron chi connectivity index (χ1n) is 5.30. The van der Waals surface area contributed by atoms with Crippen molar-refractivity contribution in [2.75, 3.05) is 12.4 Å². The van der Waals surface area contributed by atoms with Gasteiger partial charge >= 0.3 is 0 Å². The van der Waals surface area contributed by atoms with Crippen molar-refractivity contribution in [1.29, 1.82) is 0 Å². The van der Waals surface area contributed by atoms with Gasteiger partial charge in [-0.3, -0.25) is 4.79 Å². The number of anilines is 1. The Balaban J connectivity index is 1.99. The van der Waals surface area contributed by atoms with Crippen LogP contribution in [0.1, 0.15) is 6.42 Å². The van der Waals surface area contributed by atoms with Gasteiger partial charge in [-0.05, 0) is 18.2 Å². The number of rotatable bonds is 3. The van der Waals surface area contributed by atoms with Gasteiger partial charge in [0.05, 0.1) is 12.6 Å². The molecule has 0 saturated carbocycles. The summed E-state index contributed by atoms with van der Waals surface area (Å²) in [6.45, 7) is 0. The normalized spacial score (nSPS) is 13.9. The molecule has 6 heteroatoms. The molecule has 1 heterocycles. The zero-order valence-electron chi connectivity index (χ0n) is 9.68. The van der Waals surface area contributed by atoms with Crippen molar-refractivity contribution in [3.63, 3.8) is 0 Å². The number of nitrogens with one attached hydrogen (secondary N) is 1. The van der Waals surface area contributed by atoms with Crippen molar-refractivity contribution in [3.05, 3.63) is 52.5 Å². The Hall–Kier alpha value is -2.37. The monoisotopic (exact) mass is 248 g/mol. The molecule has 1 aliphatic rings. The molecule has 0 fully saturated rings. The molecule has 1 aromatic heterocycles. The number of nitroso groups, excluding NO2 is 1. The molecule has 1 N–H and O–H groups in total. The lowest BCUT2D eigenvalue weighted by atomic mass is 10.2. The number of nitrogens with zero attached hydrogens (tertiary/aromatic N) is 2. The third-order valence-electron chi connectivity index (χ3n) is 2.51. The molecule has 0 radical (unpaired) electrons. The lowest BCUT2D eigenvalue weighted by Crippen LogP contribution is -2.15. The summed E-state index contributed by atoms with van der Waals surface area (Å²) < 4.78 is 13.3. The second-order valence-corrected chi connectivity index (χ2v) is 3.84. The number of carbonyl (C=O) groups excluding carboxylic acids is 1. The standard InChI is InChI=1S/C12H10FN3O2/c1-16(18)10-4-2-8(6-10)12(17)15-11-5-3-9(13)7-14-11/h2-5,7H,6H2,1H3/p+1. The highest BCUT2D eigenvalue weighted by Gasteiger charge is 2.23. The molecule has 0 spiro atoms. The van der Waals surface area contributed by atoms with Crippen LogP contribution in [0.3, 0.4) is 0 Å². The summed E-state index contributed by atoms with van der Waals surface area (Å²) in [7, 11) is 1.38. The predicted molar refractivity (Wildman–Crippen MR) is 63.2 cm³/mol. The second-order valence-electron chi connectivity index (χ2n) is 3.84. The van der Waals surface area contributed by atoms with Crippen LogP contribution < -0.4 is 5.32 Å². The van der Waals surface area contributed by atoms with Crippen LogP contribution in [-0.4, -0.2) is 22.7 Å². The molecule has 0 aromatic carbocycles. The molecular formula is C12H11FN3O2+. The Morgan fingerprint density at radius 2 is 2.22 bits per heavy atom. The fourth-order valence-corrected chi connectivity index (χ4v) is 1.53. The van der Waals surface area contributed by atoms with E-state index in [0.717, 1.165) is 6.20 Å². The quantitative estimate of drug-likeness (QED) is 0.829. The van der Waals surface area contributed by atoms with Gasteiger partial charge in [0.2, 0.25) is 5.70 Å². The number of carbonyl (C=O) groups is 1. The van der Waals surface area contributed by atoms with Gasteiger partial charge in [-0.2, -0.15) is 0 Å².